The number of H-pyrrole nitrogens is 1. The van der Waals surface area contributed by atoms with Crippen molar-refractivity contribution in [3.63, 3.8) is 0 Å². The molecule has 1 fully saturated rings. The van der Waals surface area contributed by atoms with Gasteiger partial charge in [-0.2, -0.15) is 9.61 Å². The van der Waals surface area contributed by atoms with Crippen LogP contribution in [0.3, 0.4) is 0 Å². The summed E-state index contributed by atoms with van der Waals surface area (Å²) >= 11 is 0. The summed E-state index contributed by atoms with van der Waals surface area (Å²) in [5.41, 5.74) is 3.07. The van der Waals surface area contributed by atoms with E-state index in [1.165, 1.54) is 0 Å². The number of ether oxygens (including phenoxy) is 1. The predicted molar refractivity (Wildman–Crippen MR) is 102 cm³/mol. The van der Waals surface area contributed by atoms with E-state index in [0.29, 0.717) is 18.9 Å². The Morgan fingerprint density at radius 3 is 2.85 bits per heavy atom. The number of nitrogens with one attached hydrogen (secondary N) is 1. The number of carbonyl (C=O) groups excluding carboxylic acids is 1. The third-order valence-corrected chi connectivity index (χ3v) is 4.90. The molecule has 7 nitrogen and oxygen atoms in total. The van der Waals surface area contributed by atoms with Gasteiger partial charge in [-0.25, -0.2) is 4.98 Å². The molecule has 0 bridgehead atoms. The lowest BCUT2D eigenvalue weighted by atomic mass is 10.1. The van der Waals surface area contributed by atoms with Crippen LogP contribution in [0.25, 0.3) is 16.6 Å². The molecule has 1 N–H and O–H groups in total. The van der Waals surface area contributed by atoms with Crippen molar-refractivity contribution in [3.8, 4) is 0 Å². The van der Waals surface area contributed by atoms with Gasteiger partial charge >= 0.3 is 0 Å². The van der Waals surface area contributed by atoms with E-state index < -0.39 is 0 Å². The van der Waals surface area contributed by atoms with Crippen molar-refractivity contribution in [2.24, 2.45) is 0 Å². The summed E-state index contributed by atoms with van der Waals surface area (Å²) in [6.45, 7) is 2.98. The zero-order valence-corrected chi connectivity index (χ0v) is 14.8. The number of hydrogen-bond acceptors (Lipinski definition) is 5. The highest BCUT2D eigenvalue weighted by atomic mass is 16.5. The molecule has 4 heterocycles. The first-order valence-corrected chi connectivity index (χ1v) is 9.05. The fourth-order valence-electron chi connectivity index (χ4n) is 3.54. The van der Waals surface area contributed by atoms with Gasteiger partial charge in [-0.1, -0.05) is 18.2 Å². The fourth-order valence-corrected chi connectivity index (χ4v) is 3.54. The van der Waals surface area contributed by atoms with Crippen molar-refractivity contribution in [2.45, 2.75) is 6.42 Å². The minimum atomic E-state index is 0.0236. The number of aromatic amines is 1. The maximum atomic E-state index is 12.8. The summed E-state index contributed by atoms with van der Waals surface area (Å²) in [4.78, 5) is 22.9. The molecule has 0 saturated carbocycles. The van der Waals surface area contributed by atoms with E-state index in [9.17, 15) is 4.79 Å². The summed E-state index contributed by atoms with van der Waals surface area (Å²) in [6.07, 6.45) is 1.97. The Hall–Kier alpha value is -3.19. The Morgan fingerprint density at radius 2 is 2.00 bits per heavy atom. The van der Waals surface area contributed by atoms with Crippen LogP contribution in [0.4, 0.5) is 5.82 Å². The van der Waals surface area contributed by atoms with Crippen LogP contribution >= 0.6 is 0 Å². The molecular formula is C20H19N5O2. The van der Waals surface area contributed by atoms with E-state index >= 15 is 0 Å². The van der Waals surface area contributed by atoms with Crippen LogP contribution in [0.5, 0.6) is 0 Å². The Bertz CT molecular complexity index is 1090. The van der Waals surface area contributed by atoms with Crippen LogP contribution in [0.15, 0.2) is 48.7 Å². The number of nitrogens with zero attached hydrogens (tertiary/aromatic N) is 4. The number of anilines is 1. The molecule has 27 heavy (non-hydrogen) atoms. The number of fused-ring (bicyclic) bond motifs is 2. The Labute approximate surface area is 155 Å². The van der Waals surface area contributed by atoms with Crippen molar-refractivity contribution in [1.82, 2.24) is 19.6 Å². The SMILES string of the molecule is O=C(Cc1cc(N2CCOCC2)n2nccc2n1)c1cc2ccccc2[nH]1. The number of morpholine rings is 1. The minimum Gasteiger partial charge on any atom is -0.378 e. The quantitative estimate of drug-likeness (QED) is 0.565. The van der Waals surface area contributed by atoms with Gasteiger partial charge in [0.05, 0.1) is 37.2 Å². The lowest BCUT2D eigenvalue weighted by Crippen LogP contribution is -2.37. The molecule has 4 aromatic rings. The average molecular weight is 361 g/mol. The van der Waals surface area contributed by atoms with Crippen molar-refractivity contribution in [3.05, 3.63) is 60.0 Å². The number of rotatable bonds is 4. The second-order valence-corrected chi connectivity index (χ2v) is 6.68. The number of aromatic nitrogens is 4. The molecule has 1 aliphatic rings. The second-order valence-electron chi connectivity index (χ2n) is 6.68. The highest BCUT2D eigenvalue weighted by Crippen LogP contribution is 2.20. The molecule has 0 atom stereocenters. The van der Waals surface area contributed by atoms with Gasteiger partial charge in [0.2, 0.25) is 0 Å². The maximum Gasteiger partial charge on any atom is 0.184 e. The van der Waals surface area contributed by atoms with E-state index in [4.69, 9.17) is 4.74 Å². The van der Waals surface area contributed by atoms with Gasteiger partial charge < -0.3 is 14.6 Å². The molecule has 0 aliphatic carbocycles. The summed E-state index contributed by atoms with van der Waals surface area (Å²) in [7, 11) is 0. The van der Waals surface area contributed by atoms with Crippen LogP contribution in [0.2, 0.25) is 0 Å². The topological polar surface area (TPSA) is 75.5 Å². The summed E-state index contributed by atoms with van der Waals surface area (Å²) in [5, 5.41) is 5.42. The molecule has 0 unspecified atom stereocenters. The van der Waals surface area contributed by atoms with Gasteiger partial charge in [-0.05, 0) is 12.1 Å². The molecule has 136 valence electrons. The summed E-state index contributed by atoms with van der Waals surface area (Å²) in [5.74, 6) is 0.975. The molecule has 3 aromatic heterocycles. The molecule has 7 heteroatoms. The third-order valence-electron chi connectivity index (χ3n) is 4.90. The monoisotopic (exact) mass is 361 g/mol. The van der Waals surface area contributed by atoms with Gasteiger partial charge in [-0.15, -0.1) is 0 Å². The second kappa shape index (κ2) is 6.51. The highest BCUT2D eigenvalue weighted by Gasteiger charge is 2.18. The molecule has 1 aliphatic heterocycles. The standard InChI is InChI=1S/C20H19N5O2/c26-18(17-11-14-3-1-2-4-16(14)23-17)12-15-13-20(24-7-9-27-10-8-24)25-19(22-15)5-6-21-25/h1-6,11,13,23H,7-10,12H2. The molecule has 5 rings (SSSR count). The fraction of sp³-hybridized carbons (Fsp3) is 0.250. The van der Waals surface area contributed by atoms with Gasteiger partial charge in [0.15, 0.2) is 11.4 Å². The van der Waals surface area contributed by atoms with Crippen LogP contribution in [-0.2, 0) is 11.2 Å². The van der Waals surface area contributed by atoms with Gasteiger partial charge in [-0.3, -0.25) is 4.79 Å². The van der Waals surface area contributed by atoms with E-state index in [2.05, 4.69) is 20.0 Å². The predicted octanol–water partition coefficient (Wildman–Crippen LogP) is 2.47. The number of Topliss-reactive ketones (excluding diaryl/α,β-unsaturated/α-hetero) is 1. The Kier molecular flexibility index (Phi) is 3.86. The molecule has 1 saturated heterocycles. The number of carbonyl (C=O) groups is 1. The van der Waals surface area contributed by atoms with Crippen LogP contribution < -0.4 is 4.90 Å². The van der Waals surface area contributed by atoms with Gasteiger partial charge in [0, 0.05) is 36.1 Å². The first-order valence-electron chi connectivity index (χ1n) is 9.05. The van der Waals surface area contributed by atoms with Gasteiger partial charge in [0.1, 0.15) is 5.82 Å². The van der Waals surface area contributed by atoms with Gasteiger partial charge in [0.25, 0.3) is 0 Å². The normalized spacial score (nSPS) is 14.9. The average Bonchev–Trinajstić information content (AvgIpc) is 3.34. The van der Waals surface area contributed by atoms with E-state index in [1.54, 1.807) is 6.20 Å². The van der Waals surface area contributed by atoms with Crippen molar-refractivity contribution in [2.75, 3.05) is 31.2 Å². The lowest BCUT2D eigenvalue weighted by molar-refractivity contribution is 0.0988. The summed E-state index contributed by atoms with van der Waals surface area (Å²) in [6, 6.07) is 13.6. The van der Waals surface area contributed by atoms with Crippen LogP contribution in [0.1, 0.15) is 16.2 Å². The van der Waals surface area contributed by atoms with Crippen LogP contribution in [-0.4, -0.2) is 51.7 Å². The van der Waals surface area contributed by atoms with Crippen LogP contribution in [0, 0.1) is 0 Å². The molecule has 1 aromatic carbocycles. The number of para-hydroxylation sites is 1. The molecule has 0 amide bonds. The van der Waals surface area contributed by atoms with E-state index in [-0.39, 0.29) is 12.2 Å². The Morgan fingerprint density at radius 1 is 1.15 bits per heavy atom. The number of benzene rings is 1. The largest absolute Gasteiger partial charge is 0.378 e. The smallest absolute Gasteiger partial charge is 0.184 e. The number of hydrogen-bond donors (Lipinski definition) is 1. The first-order chi connectivity index (χ1) is 13.3. The summed E-state index contributed by atoms with van der Waals surface area (Å²) < 4.78 is 7.27. The zero-order chi connectivity index (χ0) is 18.2. The lowest BCUT2D eigenvalue weighted by Gasteiger charge is -2.29. The van der Waals surface area contributed by atoms with Crippen molar-refractivity contribution < 1.29 is 9.53 Å². The molecule has 0 radical (unpaired) electrons. The van der Waals surface area contributed by atoms with E-state index in [1.807, 2.05) is 47.0 Å². The first kappa shape index (κ1) is 16.0. The number of ketones is 1. The maximum absolute atomic E-state index is 12.8. The van der Waals surface area contributed by atoms with E-state index in [0.717, 1.165) is 41.2 Å². The van der Waals surface area contributed by atoms with Crippen molar-refractivity contribution in [1.29, 1.82) is 0 Å². The Balaban J connectivity index is 1.48. The highest BCUT2D eigenvalue weighted by molar-refractivity contribution is 6.00. The zero-order valence-electron chi connectivity index (χ0n) is 14.8. The molecular weight excluding hydrogens is 342 g/mol. The molecule has 0 spiro atoms. The third kappa shape index (κ3) is 2.96. The van der Waals surface area contributed by atoms with Crippen molar-refractivity contribution >= 4 is 28.2 Å². The minimum absolute atomic E-state index is 0.0236.